The molecule has 0 aliphatic heterocycles. The molecule has 3 aromatic carbocycles. The molecular formula is C27H26N2O3S. The Kier molecular flexibility index (Phi) is 7.37. The Balaban J connectivity index is 1.59. The van der Waals surface area contributed by atoms with Gasteiger partial charge in [0.15, 0.2) is 11.5 Å². The van der Waals surface area contributed by atoms with Gasteiger partial charge in [-0.2, -0.15) is 0 Å². The summed E-state index contributed by atoms with van der Waals surface area (Å²) >= 11 is 1.42. The molecule has 0 aliphatic carbocycles. The van der Waals surface area contributed by atoms with Crippen LogP contribution in [0.5, 0.6) is 11.5 Å². The van der Waals surface area contributed by atoms with E-state index >= 15 is 0 Å². The second-order valence-corrected chi connectivity index (χ2v) is 8.38. The number of nitrogens with zero attached hydrogens (tertiary/aromatic N) is 2. The number of carbonyl (C=O) groups excluding carboxylic acids is 1. The number of rotatable bonds is 9. The standard InChI is InChI=1S/C27H26N2O3S/c1-31-24-15-9-14-22(25(24)32-2)26-28-23(19-33-26)27(30)29(18-21-12-7-4-8-13-21)17-16-20-10-5-3-6-11-20/h3-15,19H,16-18H2,1-2H3. The first kappa shape index (κ1) is 22.6. The number of aromatic nitrogens is 1. The highest BCUT2D eigenvalue weighted by atomic mass is 32.1. The van der Waals surface area contributed by atoms with E-state index in [0.29, 0.717) is 30.3 Å². The van der Waals surface area contributed by atoms with Crippen LogP contribution in [0.2, 0.25) is 0 Å². The zero-order valence-electron chi connectivity index (χ0n) is 18.7. The van der Waals surface area contributed by atoms with E-state index in [1.54, 1.807) is 14.2 Å². The van der Waals surface area contributed by atoms with Gasteiger partial charge in [0.05, 0.1) is 19.8 Å². The molecule has 4 aromatic rings. The molecule has 6 heteroatoms. The summed E-state index contributed by atoms with van der Waals surface area (Å²) < 4.78 is 11.0. The lowest BCUT2D eigenvalue weighted by Gasteiger charge is -2.22. The highest BCUT2D eigenvalue weighted by Crippen LogP contribution is 2.39. The topological polar surface area (TPSA) is 51.7 Å². The van der Waals surface area contributed by atoms with Gasteiger partial charge in [-0.15, -0.1) is 11.3 Å². The molecule has 1 aromatic heterocycles. The van der Waals surface area contributed by atoms with Crippen molar-refractivity contribution < 1.29 is 14.3 Å². The van der Waals surface area contributed by atoms with Crippen LogP contribution in [0.15, 0.2) is 84.2 Å². The molecule has 0 atom stereocenters. The van der Waals surface area contributed by atoms with E-state index in [0.717, 1.165) is 22.6 Å². The first-order chi connectivity index (χ1) is 16.2. The molecule has 0 unspecified atom stereocenters. The molecule has 1 amide bonds. The van der Waals surface area contributed by atoms with Crippen molar-refractivity contribution in [1.29, 1.82) is 0 Å². The molecule has 0 N–H and O–H groups in total. The summed E-state index contributed by atoms with van der Waals surface area (Å²) in [6, 6.07) is 25.9. The lowest BCUT2D eigenvalue weighted by atomic mass is 10.1. The van der Waals surface area contributed by atoms with Gasteiger partial charge in [-0.05, 0) is 29.7 Å². The monoisotopic (exact) mass is 458 g/mol. The number of para-hydroxylation sites is 1. The second kappa shape index (κ2) is 10.8. The van der Waals surface area contributed by atoms with Crippen molar-refractivity contribution in [3.63, 3.8) is 0 Å². The number of hydrogen-bond donors (Lipinski definition) is 0. The van der Waals surface area contributed by atoms with Crippen molar-refractivity contribution in [1.82, 2.24) is 9.88 Å². The Morgan fingerprint density at radius 1 is 0.879 bits per heavy atom. The van der Waals surface area contributed by atoms with Gasteiger partial charge in [0.25, 0.3) is 5.91 Å². The third kappa shape index (κ3) is 5.41. The Bertz CT molecular complexity index is 1190. The van der Waals surface area contributed by atoms with Crippen LogP contribution in [-0.2, 0) is 13.0 Å². The van der Waals surface area contributed by atoms with Gasteiger partial charge >= 0.3 is 0 Å². The highest BCUT2D eigenvalue weighted by Gasteiger charge is 2.21. The van der Waals surface area contributed by atoms with Crippen molar-refractivity contribution in [3.05, 3.63) is 101 Å². The summed E-state index contributed by atoms with van der Waals surface area (Å²) in [7, 11) is 3.21. The minimum atomic E-state index is -0.0841. The van der Waals surface area contributed by atoms with Crippen LogP contribution < -0.4 is 9.47 Å². The smallest absolute Gasteiger partial charge is 0.273 e. The molecule has 4 rings (SSSR count). The van der Waals surface area contributed by atoms with Gasteiger partial charge in [-0.25, -0.2) is 4.98 Å². The molecule has 168 valence electrons. The molecule has 5 nitrogen and oxygen atoms in total. The van der Waals surface area contributed by atoms with Crippen LogP contribution in [0.1, 0.15) is 21.6 Å². The maximum absolute atomic E-state index is 13.5. The second-order valence-electron chi connectivity index (χ2n) is 7.53. The maximum atomic E-state index is 13.5. The molecular weight excluding hydrogens is 432 g/mol. The Hall–Kier alpha value is -3.64. The largest absolute Gasteiger partial charge is 0.493 e. The van der Waals surface area contributed by atoms with E-state index in [9.17, 15) is 4.79 Å². The van der Waals surface area contributed by atoms with Gasteiger partial charge in [0.2, 0.25) is 0 Å². The van der Waals surface area contributed by atoms with Crippen molar-refractivity contribution in [2.24, 2.45) is 0 Å². The summed E-state index contributed by atoms with van der Waals surface area (Å²) in [4.78, 5) is 20.0. The van der Waals surface area contributed by atoms with Crippen molar-refractivity contribution in [2.75, 3.05) is 20.8 Å². The van der Waals surface area contributed by atoms with Gasteiger partial charge in [0, 0.05) is 18.5 Å². The predicted molar refractivity (Wildman–Crippen MR) is 132 cm³/mol. The van der Waals surface area contributed by atoms with Crippen LogP contribution in [-0.4, -0.2) is 36.6 Å². The summed E-state index contributed by atoms with van der Waals surface area (Å²) in [5, 5.41) is 2.54. The first-order valence-electron chi connectivity index (χ1n) is 10.7. The number of ether oxygens (including phenoxy) is 2. The Labute approximate surface area is 198 Å². The van der Waals surface area contributed by atoms with Gasteiger partial charge in [-0.3, -0.25) is 4.79 Å². The van der Waals surface area contributed by atoms with Crippen LogP contribution in [0.3, 0.4) is 0 Å². The van der Waals surface area contributed by atoms with E-state index in [-0.39, 0.29) is 5.91 Å². The third-order valence-electron chi connectivity index (χ3n) is 5.37. The molecule has 0 aliphatic rings. The van der Waals surface area contributed by atoms with Crippen molar-refractivity contribution in [2.45, 2.75) is 13.0 Å². The number of amides is 1. The Morgan fingerprint density at radius 2 is 1.58 bits per heavy atom. The minimum Gasteiger partial charge on any atom is -0.493 e. The number of thiazole rings is 1. The zero-order valence-corrected chi connectivity index (χ0v) is 19.5. The average Bonchev–Trinajstić information content (AvgIpc) is 3.37. The molecule has 33 heavy (non-hydrogen) atoms. The third-order valence-corrected chi connectivity index (χ3v) is 6.25. The molecule has 0 fully saturated rings. The summed E-state index contributed by atoms with van der Waals surface area (Å²) in [6.45, 7) is 1.13. The maximum Gasteiger partial charge on any atom is 0.273 e. The lowest BCUT2D eigenvalue weighted by Crippen LogP contribution is -2.32. The van der Waals surface area contributed by atoms with E-state index in [4.69, 9.17) is 9.47 Å². The molecule has 0 saturated carbocycles. The van der Waals surface area contributed by atoms with E-state index < -0.39 is 0 Å². The van der Waals surface area contributed by atoms with Crippen LogP contribution in [0.4, 0.5) is 0 Å². The van der Waals surface area contributed by atoms with E-state index in [1.807, 2.05) is 77.0 Å². The van der Waals surface area contributed by atoms with Crippen molar-refractivity contribution in [3.8, 4) is 22.1 Å². The molecule has 0 saturated heterocycles. The highest BCUT2D eigenvalue weighted by molar-refractivity contribution is 7.13. The summed E-state index contributed by atoms with van der Waals surface area (Å²) in [6.07, 6.45) is 0.778. The Morgan fingerprint density at radius 3 is 2.24 bits per heavy atom. The van der Waals surface area contributed by atoms with E-state index in [2.05, 4.69) is 17.1 Å². The van der Waals surface area contributed by atoms with E-state index in [1.165, 1.54) is 16.9 Å². The molecule has 0 radical (unpaired) electrons. The van der Waals surface area contributed by atoms with Gasteiger partial charge in [0.1, 0.15) is 10.7 Å². The number of hydrogen-bond acceptors (Lipinski definition) is 5. The number of methoxy groups -OCH3 is 2. The minimum absolute atomic E-state index is 0.0841. The first-order valence-corrected chi connectivity index (χ1v) is 11.6. The fraction of sp³-hybridized carbons (Fsp3) is 0.185. The van der Waals surface area contributed by atoms with Crippen molar-refractivity contribution >= 4 is 17.2 Å². The van der Waals surface area contributed by atoms with Gasteiger partial charge in [-0.1, -0.05) is 66.7 Å². The molecule has 1 heterocycles. The molecule has 0 bridgehead atoms. The normalized spacial score (nSPS) is 10.6. The van der Waals surface area contributed by atoms with Gasteiger partial charge < -0.3 is 14.4 Å². The quantitative estimate of drug-likeness (QED) is 0.322. The summed E-state index contributed by atoms with van der Waals surface area (Å²) in [5.41, 5.74) is 3.52. The zero-order chi connectivity index (χ0) is 23.0. The SMILES string of the molecule is COc1cccc(-c2nc(C(=O)N(CCc3ccccc3)Cc3ccccc3)cs2)c1OC. The fourth-order valence-corrected chi connectivity index (χ4v) is 4.49. The van der Waals surface area contributed by atoms with Crippen LogP contribution in [0, 0.1) is 0 Å². The van der Waals surface area contributed by atoms with Crippen LogP contribution >= 0.6 is 11.3 Å². The van der Waals surface area contributed by atoms with Crippen LogP contribution in [0.25, 0.3) is 10.6 Å². The average molecular weight is 459 g/mol. The summed E-state index contributed by atoms with van der Waals surface area (Å²) in [5.74, 6) is 1.16. The predicted octanol–water partition coefficient (Wildman–Crippen LogP) is 5.71. The number of benzene rings is 3. The molecule has 0 spiro atoms. The lowest BCUT2D eigenvalue weighted by molar-refractivity contribution is 0.0740. The number of carbonyl (C=O) groups is 1. The fourth-order valence-electron chi connectivity index (χ4n) is 3.68.